The van der Waals surface area contributed by atoms with Crippen molar-refractivity contribution in [2.24, 2.45) is 0 Å². The Balaban J connectivity index is 3.69. The minimum atomic E-state index is -4.31. The Morgan fingerprint density at radius 3 is 1.43 bits per heavy atom. The molecule has 0 saturated heterocycles. The fraction of sp³-hybridized carbons (Fsp3) is 0.784. The first-order chi connectivity index (χ1) is 29.0. The van der Waals surface area contributed by atoms with Gasteiger partial charge >= 0.3 is 7.82 Å². The van der Waals surface area contributed by atoms with Gasteiger partial charge in [0.15, 0.2) is 0 Å². The number of aliphatic hydroxyl groups excluding tert-OH is 1. The van der Waals surface area contributed by atoms with Gasteiger partial charge in [0.1, 0.15) is 13.2 Å². The molecular weight excluding hydrogens is 768 g/mol. The van der Waals surface area contributed by atoms with Crippen LogP contribution in [0.25, 0.3) is 0 Å². The normalized spacial score (nSPS) is 14.7. The van der Waals surface area contributed by atoms with Gasteiger partial charge in [-0.25, -0.2) is 4.57 Å². The Bertz CT molecular complexity index is 1160. The molecule has 0 bridgehead atoms. The maximum Gasteiger partial charge on any atom is 0.472 e. The van der Waals surface area contributed by atoms with Gasteiger partial charge in [-0.15, -0.1) is 0 Å². The third-order valence-corrected chi connectivity index (χ3v) is 11.7. The van der Waals surface area contributed by atoms with E-state index in [1.165, 1.54) is 128 Å². The molecule has 0 saturated carbocycles. The standard InChI is InChI=1S/C51H95N2O6P/c1-6-8-10-11-12-13-14-15-16-17-18-19-20-21-22-23-24-25-26-27-28-29-30-31-32-33-34-35-36-37-38-39-40-41-43-45-51(55)52-49(50(54)44-42-9-7-2)48-59-60(56,57)58-47-46-53(3,4)5/h8,10,12-13,15-16,18-19,42,44,49-50,54H,6-7,9,11,14,17,20-41,43,45-48H2,1-5H3,(H-,52,55,56,57)/p+1/b10-8-,13-12-,16-15-,19-18-,44-42+. The van der Waals surface area contributed by atoms with E-state index in [0.29, 0.717) is 17.4 Å². The number of rotatable bonds is 44. The fourth-order valence-corrected chi connectivity index (χ4v) is 7.60. The summed E-state index contributed by atoms with van der Waals surface area (Å²) in [5, 5.41) is 13.5. The van der Waals surface area contributed by atoms with Gasteiger partial charge in [-0.05, 0) is 51.4 Å². The average molecular weight is 864 g/mol. The Kier molecular flexibility index (Phi) is 41.2. The molecule has 0 aromatic rings. The van der Waals surface area contributed by atoms with E-state index in [0.717, 1.165) is 57.8 Å². The number of hydrogen-bond acceptors (Lipinski definition) is 5. The second-order valence-electron chi connectivity index (χ2n) is 17.8. The van der Waals surface area contributed by atoms with Crippen molar-refractivity contribution in [3.8, 4) is 0 Å². The Labute approximate surface area is 371 Å². The summed E-state index contributed by atoms with van der Waals surface area (Å²) >= 11 is 0. The summed E-state index contributed by atoms with van der Waals surface area (Å²) in [6.07, 6.45) is 57.1. The predicted octanol–water partition coefficient (Wildman–Crippen LogP) is 14.2. The van der Waals surface area contributed by atoms with Gasteiger partial charge < -0.3 is 19.8 Å². The van der Waals surface area contributed by atoms with Crippen LogP contribution >= 0.6 is 7.82 Å². The Morgan fingerprint density at radius 1 is 0.583 bits per heavy atom. The van der Waals surface area contributed by atoms with Crippen LogP contribution in [0.2, 0.25) is 0 Å². The van der Waals surface area contributed by atoms with Crippen molar-refractivity contribution >= 4 is 13.7 Å². The molecule has 9 heteroatoms. The number of carbonyl (C=O) groups is 1. The lowest BCUT2D eigenvalue weighted by Gasteiger charge is -2.25. The topological polar surface area (TPSA) is 105 Å². The molecular formula is C51H96N2O6P+. The van der Waals surface area contributed by atoms with E-state index in [9.17, 15) is 19.4 Å². The van der Waals surface area contributed by atoms with Crippen LogP contribution in [-0.2, 0) is 18.4 Å². The van der Waals surface area contributed by atoms with E-state index in [1.807, 2.05) is 34.1 Å². The number of phosphoric acid groups is 1. The molecule has 1 amide bonds. The molecule has 0 aliphatic heterocycles. The van der Waals surface area contributed by atoms with Gasteiger partial charge in [-0.2, -0.15) is 0 Å². The first-order valence-corrected chi connectivity index (χ1v) is 26.2. The van der Waals surface area contributed by atoms with Gasteiger partial charge in [-0.1, -0.05) is 209 Å². The zero-order chi connectivity index (χ0) is 44.3. The Morgan fingerprint density at radius 2 is 1.00 bits per heavy atom. The van der Waals surface area contributed by atoms with E-state index in [1.54, 1.807) is 6.08 Å². The van der Waals surface area contributed by atoms with Gasteiger partial charge in [0.2, 0.25) is 5.91 Å². The minimum Gasteiger partial charge on any atom is -0.387 e. The number of aliphatic hydroxyl groups is 1. The van der Waals surface area contributed by atoms with Crippen molar-refractivity contribution in [3.63, 3.8) is 0 Å². The number of unbranched alkanes of at least 4 members (excludes halogenated alkanes) is 23. The molecule has 0 fully saturated rings. The molecule has 60 heavy (non-hydrogen) atoms. The van der Waals surface area contributed by atoms with Crippen LogP contribution in [0, 0.1) is 0 Å². The van der Waals surface area contributed by atoms with E-state index >= 15 is 0 Å². The SMILES string of the molecule is CC/C=C\C/C=C\C/C=C\C/C=C\CCCCCCCCCCCCCCCCCCCCCCCCC(=O)NC(COP(=O)(O)OCC[N+](C)(C)C)C(O)/C=C/CCC. The van der Waals surface area contributed by atoms with Crippen molar-refractivity contribution < 1.29 is 32.9 Å². The summed E-state index contributed by atoms with van der Waals surface area (Å²) in [5.41, 5.74) is 0. The van der Waals surface area contributed by atoms with Crippen LogP contribution in [0.15, 0.2) is 60.8 Å². The third kappa shape index (κ3) is 44.3. The number of nitrogens with one attached hydrogen (secondary N) is 1. The lowest BCUT2D eigenvalue weighted by atomic mass is 10.0. The van der Waals surface area contributed by atoms with E-state index in [-0.39, 0.29) is 19.1 Å². The molecule has 0 aromatic heterocycles. The van der Waals surface area contributed by atoms with Crippen LogP contribution in [0.4, 0.5) is 0 Å². The maximum absolute atomic E-state index is 12.7. The first-order valence-electron chi connectivity index (χ1n) is 24.7. The van der Waals surface area contributed by atoms with Crippen molar-refractivity contribution in [2.45, 2.75) is 219 Å². The van der Waals surface area contributed by atoms with Crippen molar-refractivity contribution in [1.82, 2.24) is 5.32 Å². The largest absolute Gasteiger partial charge is 0.472 e. The fourth-order valence-electron chi connectivity index (χ4n) is 6.86. The number of likely N-dealkylation sites (N-methyl/N-ethyl adjacent to an activating group) is 1. The van der Waals surface area contributed by atoms with Crippen molar-refractivity contribution in [2.75, 3.05) is 40.9 Å². The quantitative estimate of drug-likeness (QED) is 0.0244. The smallest absolute Gasteiger partial charge is 0.387 e. The first kappa shape index (κ1) is 58.2. The van der Waals surface area contributed by atoms with Gasteiger partial charge in [0.05, 0.1) is 39.9 Å². The highest BCUT2D eigenvalue weighted by molar-refractivity contribution is 7.47. The number of allylic oxidation sites excluding steroid dienone is 9. The van der Waals surface area contributed by atoms with E-state index in [2.05, 4.69) is 60.8 Å². The minimum absolute atomic E-state index is 0.0597. The van der Waals surface area contributed by atoms with Gasteiger partial charge in [0.25, 0.3) is 0 Å². The summed E-state index contributed by atoms with van der Waals surface area (Å²) in [7, 11) is 1.56. The van der Waals surface area contributed by atoms with Gasteiger partial charge in [0, 0.05) is 6.42 Å². The second-order valence-corrected chi connectivity index (χ2v) is 19.3. The molecule has 0 aliphatic carbocycles. The maximum atomic E-state index is 12.7. The summed E-state index contributed by atoms with van der Waals surface area (Å²) in [4.78, 5) is 22.8. The highest BCUT2D eigenvalue weighted by Gasteiger charge is 2.27. The molecule has 3 unspecified atom stereocenters. The third-order valence-electron chi connectivity index (χ3n) is 10.7. The molecule has 0 aliphatic rings. The molecule has 0 heterocycles. The highest BCUT2D eigenvalue weighted by Crippen LogP contribution is 2.43. The molecule has 3 N–H and O–H groups in total. The highest BCUT2D eigenvalue weighted by atomic mass is 31.2. The van der Waals surface area contributed by atoms with Crippen LogP contribution in [0.5, 0.6) is 0 Å². The number of phosphoric ester groups is 1. The number of hydrogen-bond donors (Lipinski definition) is 3. The molecule has 350 valence electrons. The van der Waals surface area contributed by atoms with Crippen LogP contribution in [0.3, 0.4) is 0 Å². The molecule has 3 atom stereocenters. The van der Waals surface area contributed by atoms with E-state index in [4.69, 9.17) is 9.05 Å². The second kappa shape index (κ2) is 42.5. The number of carbonyl (C=O) groups excluding carboxylic acids is 1. The summed E-state index contributed by atoms with van der Waals surface area (Å²) in [6.45, 7) is 4.48. The molecule has 0 spiro atoms. The van der Waals surface area contributed by atoms with Crippen LogP contribution in [0.1, 0.15) is 206 Å². The zero-order valence-corrected chi connectivity index (χ0v) is 40.6. The number of quaternary nitrogens is 1. The van der Waals surface area contributed by atoms with Crippen molar-refractivity contribution in [1.29, 1.82) is 0 Å². The molecule has 0 rings (SSSR count). The monoisotopic (exact) mass is 864 g/mol. The zero-order valence-electron chi connectivity index (χ0n) is 39.7. The lowest BCUT2D eigenvalue weighted by Crippen LogP contribution is -2.45. The lowest BCUT2D eigenvalue weighted by molar-refractivity contribution is -0.870. The number of nitrogens with zero attached hydrogens (tertiary/aromatic N) is 1. The summed E-state index contributed by atoms with van der Waals surface area (Å²) in [6, 6.07) is -0.841. The molecule has 0 aromatic carbocycles. The van der Waals surface area contributed by atoms with Crippen LogP contribution < -0.4 is 5.32 Å². The molecule has 8 nitrogen and oxygen atoms in total. The van der Waals surface area contributed by atoms with Gasteiger partial charge in [-0.3, -0.25) is 13.8 Å². The van der Waals surface area contributed by atoms with Crippen LogP contribution in [-0.4, -0.2) is 73.4 Å². The Hall–Kier alpha value is -1.80. The summed E-state index contributed by atoms with van der Waals surface area (Å²) < 4.78 is 23.2. The predicted molar refractivity (Wildman–Crippen MR) is 258 cm³/mol. The number of amides is 1. The van der Waals surface area contributed by atoms with Crippen molar-refractivity contribution in [3.05, 3.63) is 60.8 Å². The molecule has 0 radical (unpaired) electrons. The van der Waals surface area contributed by atoms with E-state index < -0.39 is 20.0 Å². The summed E-state index contributed by atoms with van der Waals surface area (Å²) in [5.74, 6) is -0.188. The average Bonchev–Trinajstić information content (AvgIpc) is 3.20.